The number of carbonyl (C=O) groups is 1. The fraction of sp³-hybridized carbons (Fsp3) is 0.250. The van der Waals surface area contributed by atoms with Crippen molar-refractivity contribution in [1.82, 2.24) is 5.32 Å². The van der Waals surface area contributed by atoms with Crippen molar-refractivity contribution in [3.8, 4) is 0 Å². The van der Waals surface area contributed by atoms with E-state index in [1.165, 1.54) is 0 Å². The van der Waals surface area contributed by atoms with Crippen LogP contribution >= 0.6 is 0 Å². The van der Waals surface area contributed by atoms with Crippen LogP contribution in [0.2, 0.25) is 0 Å². The molecule has 4 nitrogen and oxygen atoms in total. The molecule has 1 aromatic carbocycles. The van der Waals surface area contributed by atoms with Crippen molar-refractivity contribution in [3.63, 3.8) is 0 Å². The second kappa shape index (κ2) is 3.35. The molecular weight excluding hydrogens is 204 g/mol. The number of benzene rings is 1. The molecule has 1 amide bonds. The largest absolute Gasteiger partial charge is 0.460 e. The van der Waals surface area contributed by atoms with Crippen molar-refractivity contribution in [1.29, 1.82) is 0 Å². The first-order valence-electron chi connectivity index (χ1n) is 5.31. The summed E-state index contributed by atoms with van der Waals surface area (Å²) in [4.78, 5) is 11.3. The number of primary amides is 1. The number of hydrogen-bond acceptors (Lipinski definition) is 3. The first kappa shape index (κ1) is 9.42. The van der Waals surface area contributed by atoms with Crippen LogP contribution in [0.3, 0.4) is 0 Å². The Bertz CT molecular complexity index is 572. The van der Waals surface area contributed by atoms with E-state index in [1.807, 2.05) is 12.1 Å². The van der Waals surface area contributed by atoms with E-state index in [2.05, 4.69) is 5.32 Å². The Morgan fingerprint density at radius 3 is 3.12 bits per heavy atom. The van der Waals surface area contributed by atoms with Crippen LogP contribution in [0.1, 0.15) is 21.7 Å². The predicted molar refractivity (Wildman–Crippen MR) is 60.1 cm³/mol. The summed E-state index contributed by atoms with van der Waals surface area (Å²) in [7, 11) is 0. The summed E-state index contributed by atoms with van der Waals surface area (Å²) in [6, 6.07) is 5.51. The van der Waals surface area contributed by atoms with Crippen LogP contribution in [0, 0.1) is 0 Å². The molecule has 1 aromatic heterocycles. The van der Waals surface area contributed by atoms with Crippen molar-refractivity contribution in [2.24, 2.45) is 5.73 Å². The van der Waals surface area contributed by atoms with E-state index in [4.69, 9.17) is 10.2 Å². The first-order valence-corrected chi connectivity index (χ1v) is 5.31. The molecule has 0 saturated carbocycles. The van der Waals surface area contributed by atoms with Gasteiger partial charge in [0, 0.05) is 30.5 Å². The van der Waals surface area contributed by atoms with Crippen molar-refractivity contribution in [3.05, 3.63) is 35.1 Å². The van der Waals surface area contributed by atoms with Gasteiger partial charge >= 0.3 is 0 Å². The van der Waals surface area contributed by atoms with Crippen LogP contribution < -0.4 is 11.1 Å². The number of amides is 1. The lowest BCUT2D eigenvalue weighted by Gasteiger charge is -2.10. The van der Waals surface area contributed by atoms with Crippen molar-refractivity contribution < 1.29 is 9.21 Å². The van der Waals surface area contributed by atoms with E-state index in [0.717, 1.165) is 36.2 Å². The molecule has 4 heteroatoms. The van der Waals surface area contributed by atoms with Gasteiger partial charge in [0.15, 0.2) is 0 Å². The number of carbonyl (C=O) groups excluding carboxylic acids is 1. The third kappa shape index (κ3) is 1.23. The highest BCUT2D eigenvalue weighted by Gasteiger charge is 2.20. The number of fused-ring (bicyclic) bond motifs is 3. The lowest BCUT2D eigenvalue weighted by atomic mass is 10.0. The average molecular weight is 216 g/mol. The van der Waals surface area contributed by atoms with Crippen molar-refractivity contribution >= 4 is 16.9 Å². The van der Waals surface area contributed by atoms with E-state index < -0.39 is 5.91 Å². The van der Waals surface area contributed by atoms with Crippen LogP contribution in [0.4, 0.5) is 0 Å². The lowest BCUT2D eigenvalue weighted by Crippen LogP contribution is -2.22. The summed E-state index contributed by atoms with van der Waals surface area (Å²) in [6.45, 7) is 1.71. The minimum atomic E-state index is -0.440. The topological polar surface area (TPSA) is 68.3 Å². The number of nitrogens with two attached hydrogens (primary N) is 1. The third-order valence-electron chi connectivity index (χ3n) is 3.00. The molecule has 0 bridgehead atoms. The Labute approximate surface area is 92.4 Å². The van der Waals surface area contributed by atoms with Crippen molar-refractivity contribution in [2.45, 2.75) is 13.0 Å². The molecule has 16 heavy (non-hydrogen) atoms. The molecular formula is C12H12N2O2. The Morgan fingerprint density at radius 2 is 2.31 bits per heavy atom. The molecule has 3 rings (SSSR count). The van der Waals surface area contributed by atoms with Gasteiger partial charge in [-0.25, -0.2) is 0 Å². The normalized spacial score (nSPS) is 15.0. The smallest absolute Gasteiger partial charge is 0.252 e. The van der Waals surface area contributed by atoms with Gasteiger partial charge in [-0.2, -0.15) is 0 Å². The van der Waals surface area contributed by atoms with Crippen LogP contribution in [0.25, 0.3) is 11.0 Å². The van der Waals surface area contributed by atoms with E-state index >= 15 is 0 Å². The van der Waals surface area contributed by atoms with Crippen molar-refractivity contribution in [2.75, 3.05) is 6.54 Å². The van der Waals surface area contributed by atoms with E-state index in [0.29, 0.717) is 11.1 Å². The number of hydrogen-bond donors (Lipinski definition) is 2. The molecule has 2 heterocycles. The van der Waals surface area contributed by atoms with Gasteiger partial charge in [-0.05, 0) is 6.07 Å². The number of nitrogens with one attached hydrogen (secondary N) is 1. The molecule has 0 unspecified atom stereocenters. The molecule has 0 atom stereocenters. The first-order chi connectivity index (χ1) is 7.77. The van der Waals surface area contributed by atoms with Crippen LogP contribution in [-0.2, 0) is 13.0 Å². The summed E-state index contributed by atoms with van der Waals surface area (Å²) in [5, 5.41) is 4.29. The molecule has 0 saturated heterocycles. The highest BCUT2D eigenvalue weighted by atomic mass is 16.3. The molecule has 2 aromatic rings. The number of furan rings is 1. The minimum Gasteiger partial charge on any atom is -0.460 e. The highest BCUT2D eigenvalue weighted by Crippen LogP contribution is 2.30. The fourth-order valence-corrected chi connectivity index (χ4v) is 2.22. The van der Waals surface area contributed by atoms with Gasteiger partial charge in [-0.3, -0.25) is 4.79 Å². The van der Waals surface area contributed by atoms with Gasteiger partial charge in [-0.1, -0.05) is 12.1 Å². The number of para-hydroxylation sites is 1. The molecule has 3 N–H and O–H groups in total. The fourth-order valence-electron chi connectivity index (χ4n) is 2.22. The molecule has 0 spiro atoms. The van der Waals surface area contributed by atoms with Crippen LogP contribution in [0.5, 0.6) is 0 Å². The van der Waals surface area contributed by atoms with E-state index in [1.54, 1.807) is 6.07 Å². The van der Waals surface area contributed by atoms with Gasteiger partial charge in [-0.15, -0.1) is 0 Å². The summed E-state index contributed by atoms with van der Waals surface area (Å²) in [6.07, 6.45) is 0.863. The van der Waals surface area contributed by atoms with Gasteiger partial charge in [0.1, 0.15) is 11.3 Å². The molecule has 1 aliphatic rings. The Balaban J connectivity index is 2.33. The summed E-state index contributed by atoms with van der Waals surface area (Å²) in [5.74, 6) is 0.534. The van der Waals surface area contributed by atoms with E-state index in [-0.39, 0.29) is 0 Å². The highest BCUT2D eigenvalue weighted by molar-refractivity contribution is 6.05. The van der Waals surface area contributed by atoms with Crippen LogP contribution in [0.15, 0.2) is 22.6 Å². The molecule has 0 fully saturated rings. The molecule has 1 aliphatic heterocycles. The Hall–Kier alpha value is -1.81. The summed E-state index contributed by atoms with van der Waals surface area (Å²) in [5.41, 5.74) is 7.57. The van der Waals surface area contributed by atoms with Gasteiger partial charge in [0.2, 0.25) is 0 Å². The minimum absolute atomic E-state index is 0.440. The Morgan fingerprint density at radius 1 is 1.44 bits per heavy atom. The molecule has 82 valence electrons. The second-order valence-electron chi connectivity index (χ2n) is 3.98. The maximum absolute atomic E-state index is 11.3. The third-order valence-corrected chi connectivity index (χ3v) is 3.00. The summed E-state index contributed by atoms with van der Waals surface area (Å²) < 4.78 is 5.74. The quantitative estimate of drug-likeness (QED) is 0.752. The van der Waals surface area contributed by atoms with Crippen LogP contribution in [-0.4, -0.2) is 12.5 Å². The predicted octanol–water partition coefficient (Wildman–Crippen LogP) is 1.18. The SMILES string of the molecule is NC(=O)c1cccc2c3c(oc12)CCNC3. The van der Waals surface area contributed by atoms with E-state index in [9.17, 15) is 4.79 Å². The van der Waals surface area contributed by atoms with Gasteiger partial charge < -0.3 is 15.5 Å². The summed E-state index contributed by atoms with van der Waals surface area (Å²) >= 11 is 0. The van der Waals surface area contributed by atoms with Gasteiger partial charge in [0.05, 0.1) is 5.56 Å². The van der Waals surface area contributed by atoms with Gasteiger partial charge in [0.25, 0.3) is 5.91 Å². The molecule has 0 aliphatic carbocycles. The maximum atomic E-state index is 11.3. The second-order valence-corrected chi connectivity index (χ2v) is 3.98. The monoisotopic (exact) mass is 216 g/mol. The average Bonchev–Trinajstić information content (AvgIpc) is 2.67. The maximum Gasteiger partial charge on any atom is 0.252 e. The number of rotatable bonds is 1. The zero-order chi connectivity index (χ0) is 11.1. The molecule has 0 radical (unpaired) electrons. The zero-order valence-corrected chi connectivity index (χ0v) is 8.75. The standard InChI is InChI=1S/C12H12N2O2/c13-12(15)8-3-1-2-7-9-6-14-5-4-10(9)16-11(7)8/h1-3,14H,4-6H2,(H2,13,15). The lowest BCUT2D eigenvalue weighted by molar-refractivity contribution is 0.100. The zero-order valence-electron chi connectivity index (χ0n) is 8.75. The Kier molecular flexibility index (Phi) is 1.97.